The van der Waals surface area contributed by atoms with Crippen molar-refractivity contribution in [3.63, 3.8) is 0 Å². The Balaban J connectivity index is 2.83. The molecule has 0 aromatic carbocycles. The minimum atomic E-state index is 0.756. The van der Waals surface area contributed by atoms with Crippen LogP contribution in [0.25, 0.3) is 0 Å². The van der Waals surface area contributed by atoms with Crippen molar-refractivity contribution in [1.82, 2.24) is 5.32 Å². The molecule has 0 rings (SSSR count). The van der Waals surface area contributed by atoms with Gasteiger partial charge in [-0.15, -0.1) is 11.8 Å². The maximum Gasteiger partial charge on any atom is 0.0591 e. The van der Waals surface area contributed by atoms with E-state index in [9.17, 15) is 0 Å². The second-order valence-electron chi connectivity index (χ2n) is 2.14. The van der Waals surface area contributed by atoms with E-state index in [2.05, 4.69) is 24.1 Å². The summed E-state index contributed by atoms with van der Waals surface area (Å²) in [5.74, 6) is 5.77. The van der Waals surface area contributed by atoms with E-state index in [1.54, 1.807) is 0 Å². The topological polar surface area (TPSA) is 21.3 Å². The van der Waals surface area contributed by atoms with Gasteiger partial charge in [-0.05, 0) is 13.5 Å². The van der Waals surface area contributed by atoms with Crippen LogP contribution >= 0.6 is 0 Å². The molecule has 0 amide bonds. The van der Waals surface area contributed by atoms with E-state index in [4.69, 9.17) is 4.74 Å². The molecule has 0 aliphatic carbocycles. The van der Waals surface area contributed by atoms with Gasteiger partial charge < -0.3 is 10.1 Å². The van der Waals surface area contributed by atoms with Crippen LogP contribution in [0.5, 0.6) is 0 Å². The molecule has 0 aliphatic heterocycles. The molecule has 1 N–H and O–H groups in total. The van der Waals surface area contributed by atoms with Crippen molar-refractivity contribution in [2.45, 2.75) is 20.3 Å². The highest BCUT2D eigenvalue weighted by atomic mass is 16.5. The molecule has 0 aromatic heterocycles. The van der Waals surface area contributed by atoms with Crippen LogP contribution in [0.15, 0.2) is 0 Å². The molecule has 0 saturated heterocycles. The van der Waals surface area contributed by atoms with Gasteiger partial charge in [-0.25, -0.2) is 0 Å². The van der Waals surface area contributed by atoms with Crippen molar-refractivity contribution >= 4 is 0 Å². The molecule has 0 radical (unpaired) electrons. The van der Waals surface area contributed by atoms with Crippen molar-refractivity contribution < 1.29 is 4.74 Å². The molecule has 0 atom stereocenters. The van der Waals surface area contributed by atoms with Gasteiger partial charge in [0.05, 0.1) is 13.2 Å². The monoisotopic (exact) mass is 155 g/mol. The highest BCUT2D eigenvalue weighted by molar-refractivity contribution is 4.94. The van der Waals surface area contributed by atoms with E-state index in [-0.39, 0.29) is 0 Å². The molecule has 0 aromatic rings. The molecular weight excluding hydrogens is 138 g/mol. The van der Waals surface area contributed by atoms with Crippen LogP contribution < -0.4 is 5.32 Å². The maximum absolute atomic E-state index is 5.27. The fourth-order valence-corrected chi connectivity index (χ4v) is 0.671. The third-order valence-corrected chi connectivity index (χ3v) is 1.22. The molecule has 11 heavy (non-hydrogen) atoms. The summed E-state index contributed by atoms with van der Waals surface area (Å²) < 4.78 is 5.27. The van der Waals surface area contributed by atoms with Gasteiger partial charge in [-0.2, -0.15) is 0 Å². The molecule has 0 heterocycles. The highest BCUT2D eigenvalue weighted by Gasteiger charge is 1.84. The Hall–Kier alpha value is -0.520. The molecule has 0 bridgehead atoms. The summed E-state index contributed by atoms with van der Waals surface area (Å²) in [5.41, 5.74) is 0. The first kappa shape index (κ1) is 10.5. The fraction of sp³-hybridized carbons (Fsp3) is 0.778. The van der Waals surface area contributed by atoms with Gasteiger partial charge in [0.25, 0.3) is 0 Å². The minimum Gasteiger partial charge on any atom is -0.379 e. The van der Waals surface area contributed by atoms with Crippen molar-refractivity contribution in [3.8, 4) is 11.8 Å². The molecule has 64 valence electrons. The van der Waals surface area contributed by atoms with Gasteiger partial charge in [-0.1, -0.05) is 6.92 Å². The van der Waals surface area contributed by atoms with Crippen molar-refractivity contribution in [3.05, 3.63) is 0 Å². The first-order valence-electron chi connectivity index (χ1n) is 4.10. The fourth-order valence-electron chi connectivity index (χ4n) is 0.671. The molecule has 2 heteroatoms. The average Bonchev–Trinajstić information content (AvgIpc) is 2.03. The first-order chi connectivity index (χ1) is 5.41. The number of rotatable bonds is 6. The summed E-state index contributed by atoms with van der Waals surface area (Å²) in [5, 5.41) is 3.18. The Morgan fingerprint density at radius 2 is 2.18 bits per heavy atom. The van der Waals surface area contributed by atoms with Gasteiger partial charge in [0.2, 0.25) is 0 Å². The largest absolute Gasteiger partial charge is 0.379 e. The summed E-state index contributed by atoms with van der Waals surface area (Å²) in [4.78, 5) is 0. The van der Waals surface area contributed by atoms with E-state index in [1.165, 1.54) is 0 Å². The molecule has 0 saturated carbocycles. The Morgan fingerprint density at radius 1 is 1.36 bits per heavy atom. The lowest BCUT2D eigenvalue weighted by Crippen LogP contribution is -2.19. The zero-order valence-corrected chi connectivity index (χ0v) is 7.44. The Labute approximate surface area is 69.3 Å². The predicted octanol–water partition coefficient (Wildman–Crippen LogP) is 1.03. The number of likely N-dealkylation sites (N-methyl/N-ethyl adjacent to an activating group) is 1. The quantitative estimate of drug-likeness (QED) is 0.457. The normalized spacial score (nSPS) is 8.91. The molecule has 0 fully saturated rings. The average molecular weight is 155 g/mol. The summed E-state index contributed by atoms with van der Waals surface area (Å²) in [6.07, 6.45) is 0.850. The smallest absolute Gasteiger partial charge is 0.0591 e. The first-order valence-corrected chi connectivity index (χ1v) is 4.10. The van der Waals surface area contributed by atoms with E-state index >= 15 is 0 Å². The van der Waals surface area contributed by atoms with Gasteiger partial charge in [-0.3, -0.25) is 0 Å². The van der Waals surface area contributed by atoms with Gasteiger partial charge >= 0.3 is 0 Å². The zero-order chi connectivity index (χ0) is 8.36. The standard InChI is InChI=1S/C9H17NO/c1-3-5-6-8-11-9-7-10-4-2/h10H,4,6-9H2,1-2H3. The zero-order valence-electron chi connectivity index (χ0n) is 7.44. The van der Waals surface area contributed by atoms with E-state index in [0.717, 1.165) is 32.7 Å². The Morgan fingerprint density at radius 3 is 2.82 bits per heavy atom. The maximum atomic E-state index is 5.27. The number of hydrogen-bond donors (Lipinski definition) is 1. The molecule has 0 aliphatic rings. The van der Waals surface area contributed by atoms with Crippen molar-refractivity contribution in [2.24, 2.45) is 0 Å². The van der Waals surface area contributed by atoms with Crippen LogP contribution in [0.1, 0.15) is 20.3 Å². The summed E-state index contributed by atoms with van der Waals surface area (Å²) in [6, 6.07) is 0. The van der Waals surface area contributed by atoms with Crippen molar-refractivity contribution in [2.75, 3.05) is 26.3 Å². The number of ether oxygens (including phenoxy) is 1. The summed E-state index contributed by atoms with van der Waals surface area (Å²) in [7, 11) is 0. The number of nitrogens with one attached hydrogen (secondary N) is 1. The molecule has 0 spiro atoms. The number of hydrogen-bond acceptors (Lipinski definition) is 2. The van der Waals surface area contributed by atoms with Gasteiger partial charge in [0.1, 0.15) is 0 Å². The second-order valence-corrected chi connectivity index (χ2v) is 2.14. The van der Waals surface area contributed by atoms with Gasteiger partial charge in [0.15, 0.2) is 0 Å². The van der Waals surface area contributed by atoms with Crippen LogP contribution in [-0.4, -0.2) is 26.3 Å². The van der Waals surface area contributed by atoms with Crippen molar-refractivity contribution in [1.29, 1.82) is 0 Å². The van der Waals surface area contributed by atoms with Crippen LogP contribution in [0.4, 0.5) is 0 Å². The minimum absolute atomic E-state index is 0.756. The summed E-state index contributed by atoms with van der Waals surface area (Å²) in [6.45, 7) is 7.43. The lowest BCUT2D eigenvalue weighted by Gasteiger charge is -2.01. The highest BCUT2D eigenvalue weighted by Crippen LogP contribution is 1.78. The Bertz CT molecular complexity index is 123. The summed E-state index contributed by atoms with van der Waals surface area (Å²) >= 11 is 0. The molecule has 0 unspecified atom stereocenters. The lowest BCUT2D eigenvalue weighted by atomic mass is 10.4. The predicted molar refractivity (Wildman–Crippen MR) is 47.4 cm³/mol. The van der Waals surface area contributed by atoms with Crippen LogP contribution in [0.2, 0.25) is 0 Å². The van der Waals surface area contributed by atoms with Crippen LogP contribution in [-0.2, 0) is 4.74 Å². The second kappa shape index (κ2) is 9.48. The van der Waals surface area contributed by atoms with Gasteiger partial charge in [0, 0.05) is 13.0 Å². The lowest BCUT2D eigenvalue weighted by molar-refractivity contribution is 0.142. The Kier molecular flexibility index (Phi) is 9.03. The van der Waals surface area contributed by atoms with E-state index in [0.29, 0.717) is 0 Å². The third kappa shape index (κ3) is 9.48. The third-order valence-electron chi connectivity index (χ3n) is 1.22. The van der Waals surface area contributed by atoms with E-state index in [1.807, 2.05) is 6.92 Å². The molecular formula is C9H17NO. The van der Waals surface area contributed by atoms with Crippen LogP contribution in [0, 0.1) is 11.8 Å². The molecule has 2 nitrogen and oxygen atoms in total. The van der Waals surface area contributed by atoms with E-state index < -0.39 is 0 Å². The SMILES string of the molecule is CC#CCCOCCNCC. The van der Waals surface area contributed by atoms with Crippen LogP contribution in [0.3, 0.4) is 0 Å².